The number of nitrogens with two attached hydrogens (primary N) is 1. The van der Waals surface area contributed by atoms with Crippen molar-refractivity contribution in [1.82, 2.24) is 5.32 Å². The van der Waals surface area contributed by atoms with Gasteiger partial charge in [0.15, 0.2) is 0 Å². The molecule has 114 valence electrons. The first-order valence-corrected chi connectivity index (χ1v) is 7.62. The van der Waals surface area contributed by atoms with Crippen molar-refractivity contribution in [3.63, 3.8) is 0 Å². The molecule has 0 bridgehead atoms. The van der Waals surface area contributed by atoms with Crippen molar-refractivity contribution >= 4 is 17.6 Å². The predicted octanol–water partition coefficient (Wildman–Crippen LogP) is 3.02. The molecule has 2 rings (SSSR count). The maximum absolute atomic E-state index is 12.0. The number of urea groups is 1. The van der Waals surface area contributed by atoms with Crippen LogP contribution < -0.4 is 16.4 Å². The largest absolute Gasteiger partial charge is 0.366 e. The number of hydrogen-bond acceptors (Lipinski definition) is 2. The number of benzene rings is 1. The van der Waals surface area contributed by atoms with Gasteiger partial charge in [0.1, 0.15) is 0 Å². The Morgan fingerprint density at radius 2 is 1.52 bits per heavy atom. The summed E-state index contributed by atoms with van der Waals surface area (Å²) in [6.07, 6.45) is 8.28. The monoisotopic (exact) mass is 289 g/mol. The second kappa shape index (κ2) is 7.67. The minimum Gasteiger partial charge on any atom is -0.366 e. The van der Waals surface area contributed by atoms with E-state index >= 15 is 0 Å². The molecule has 0 radical (unpaired) electrons. The molecule has 4 N–H and O–H groups in total. The first-order chi connectivity index (χ1) is 10.1. The first kappa shape index (κ1) is 15.4. The highest BCUT2D eigenvalue weighted by atomic mass is 16.2. The second-order valence-corrected chi connectivity index (χ2v) is 5.58. The molecule has 1 aromatic rings. The van der Waals surface area contributed by atoms with E-state index in [0.717, 1.165) is 12.8 Å². The van der Waals surface area contributed by atoms with E-state index in [1.165, 1.54) is 32.1 Å². The molecular weight excluding hydrogens is 266 g/mol. The molecule has 0 aromatic heterocycles. The number of amides is 3. The molecule has 0 spiro atoms. The molecule has 1 aliphatic rings. The van der Waals surface area contributed by atoms with Gasteiger partial charge in [-0.3, -0.25) is 4.79 Å². The minimum absolute atomic E-state index is 0.188. The van der Waals surface area contributed by atoms with Crippen molar-refractivity contribution in [1.29, 1.82) is 0 Å². The second-order valence-electron chi connectivity index (χ2n) is 5.58. The summed E-state index contributed by atoms with van der Waals surface area (Å²) in [4.78, 5) is 23.0. The summed E-state index contributed by atoms with van der Waals surface area (Å²) in [6, 6.07) is 6.64. The smallest absolute Gasteiger partial charge is 0.319 e. The number of anilines is 1. The van der Waals surface area contributed by atoms with E-state index in [4.69, 9.17) is 5.73 Å². The highest BCUT2D eigenvalue weighted by molar-refractivity contribution is 5.94. The van der Waals surface area contributed by atoms with Gasteiger partial charge in [-0.25, -0.2) is 4.79 Å². The number of rotatable bonds is 3. The summed E-state index contributed by atoms with van der Waals surface area (Å²) in [5, 5.41) is 5.82. The van der Waals surface area contributed by atoms with Gasteiger partial charge in [0.2, 0.25) is 5.91 Å². The van der Waals surface area contributed by atoms with E-state index in [2.05, 4.69) is 10.6 Å². The molecule has 21 heavy (non-hydrogen) atoms. The molecule has 0 unspecified atom stereocenters. The summed E-state index contributed by atoms with van der Waals surface area (Å²) in [6.45, 7) is 0. The van der Waals surface area contributed by atoms with Crippen LogP contribution >= 0.6 is 0 Å². The number of nitrogens with one attached hydrogen (secondary N) is 2. The fourth-order valence-corrected chi connectivity index (χ4v) is 2.67. The van der Waals surface area contributed by atoms with Crippen molar-refractivity contribution < 1.29 is 9.59 Å². The van der Waals surface area contributed by atoms with Crippen molar-refractivity contribution in [2.75, 3.05) is 5.32 Å². The number of carbonyl (C=O) groups is 2. The number of carbonyl (C=O) groups excluding carboxylic acids is 2. The Morgan fingerprint density at radius 1 is 0.952 bits per heavy atom. The molecule has 0 saturated heterocycles. The Balaban J connectivity index is 1.84. The van der Waals surface area contributed by atoms with Crippen LogP contribution in [0.15, 0.2) is 24.3 Å². The fraction of sp³-hybridized carbons (Fsp3) is 0.500. The summed E-state index contributed by atoms with van der Waals surface area (Å²) < 4.78 is 0. The minimum atomic E-state index is -0.472. The average molecular weight is 289 g/mol. The number of hydrogen-bond donors (Lipinski definition) is 3. The molecule has 5 nitrogen and oxygen atoms in total. The third-order valence-electron chi connectivity index (χ3n) is 3.87. The van der Waals surface area contributed by atoms with E-state index in [0.29, 0.717) is 11.3 Å². The Kier molecular flexibility index (Phi) is 5.60. The molecule has 1 saturated carbocycles. The lowest BCUT2D eigenvalue weighted by Gasteiger charge is -2.21. The van der Waals surface area contributed by atoms with Gasteiger partial charge in [0.05, 0.1) is 0 Å². The van der Waals surface area contributed by atoms with Crippen LogP contribution in [0.4, 0.5) is 10.5 Å². The van der Waals surface area contributed by atoms with Crippen molar-refractivity contribution in [3.05, 3.63) is 29.8 Å². The van der Waals surface area contributed by atoms with Crippen LogP contribution in [-0.4, -0.2) is 18.0 Å². The Bertz CT molecular complexity index is 477. The molecule has 1 fully saturated rings. The quantitative estimate of drug-likeness (QED) is 0.799. The van der Waals surface area contributed by atoms with Crippen LogP contribution in [0.5, 0.6) is 0 Å². The highest BCUT2D eigenvalue weighted by Gasteiger charge is 2.14. The van der Waals surface area contributed by atoms with Gasteiger partial charge in [-0.1, -0.05) is 32.1 Å². The normalized spacial score (nSPS) is 16.6. The van der Waals surface area contributed by atoms with Crippen LogP contribution in [-0.2, 0) is 0 Å². The van der Waals surface area contributed by atoms with Gasteiger partial charge in [-0.2, -0.15) is 0 Å². The third-order valence-corrected chi connectivity index (χ3v) is 3.87. The van der Waals surface area contributed by atoms with Crippen LogP contribution in [0, 0.1) is 0 Å². The van der Waals surface area contributed by atoms with E-state index in [-0.39, 0.29) is 12.1 Å². The van der Waals surface area contributed by atoms with Crippen LogP contribution in [0.3, 0.4) is 0 Å². The zero-order valence-corrected chi connectivity index (χ0v) is 12.2. The van der Waals surface area contributed by atoms with E-state index in [9.17, 15) is 9.59 Å². The van der Waals surface area contributed by atoms with E-state index < -0.39 is 5.91 Å². The van der Waals surface area contributed by atoms with Crippen LogP contribution in [0.2, 0.25) is 0 Å². The standard InChI is InChI=1S/C16H23N3O2/c17-15(20)12-8-10-14(11-9-12)19-16(21)18-13-6-4-2-1-3-5-7-13/h8-11,13H,1-7H2,(H2,17,20)(H2,18,19,21). The summed E-state index contributed by atoms with van der Waals surface area (Å²) in [5.74, 6) is -0.472. The van der Waals surface area contributed by atoms with Crippen LogP contribution in [0.1, 0.15) is 55.3 Å². The number of primary amides is 1. The lowest BCUT2D eigenvalue weighted by atomic mass is 9.97. The molecule has 0 heterocycles. The zero-order chi connectivity index (χ0) is 15.1. The van der Waals surface area contributed by atoms with Gasteiger partial charge in [-0.15, -0.1) is 0 Å². The van der Waals surface area contributed by atoms with Crippen molar-refractivity contribution in [2.24, 2.45) is 5.73 Å². The fourth-order valence-electron chi connectivity index (χ4n) is 2.67. The van der Waals surface area contributed by atoms with Gasteiger partial charge in [0, 0.05) is 17.3 Å². The Hall–Kier alpha value is -2.04. The van der Waals surface area contributed by atoms with Crippen LogP contribution in [0.25, 0.3) is 0 Å². The first-order valence-electron chi connectivity index (χ1n) is 7.62. The maximum atomic E-state index is 12.0. The molecular formula is C16H23N3O2. The lowest BCUT2D eigenvalue weighted by Crippen LogP contribution is -2.38. The summed E-state index contributed by atoms with van der Waals surface area (Å²) in [5.41, 5.74) is 6.27. The van der Waals surface area contributed by atoms with Gasteiger partial charge >= 0.3 is 6.03 Å². The molecule has 1 aliphatic carbocycles. The highest BCUT2D eigenvalue weighted by Crippen LogP contribution is 2.17. The average Bonchev–Trinajstić information content (AvgIpc) is 2.42. The van der Waals surface area contributed by atoms with Crippen molar-refractivity contribution in [2.45, 2.75) is 51.0 Å². The molecule has 1 aromatic carbocycles. The molecule has 5 heteroatoms. The maximum Gasteiger partial charge on any atom is 0.319 e. The third kappa shape index (κ3) is 5.10. The predicted molar refractivity (Wildman–Crippen MR) is 83.2 cm³/mol. The van der Waals surface area contributed by atoms with Gasteiger partial charge < -0.3 is 16.4 Å². The summed E-state index contributed by atoms with van der Waals surface area (Å²) >= 11 is 0. The van der Waals surface area contributed by atoms with E-state index in [1.807, 2.05) is 0 Å². The topological polar surface area (TPSA) is 84.2 Å². The Morgan fingerprint density at radius 3 is 2.10 bits per heavy atom. The zero-order valence-electron chi connectivity index (χ0n) is 12.2. The van der Waals surface area contributed by atoms with Gasteiger partial charge in [0.25, 0.3) is 0 Å². The summed E-state index contributed by atoms with van der Waals surface area (Å²) in [7, 11) is 0. The SMILES string of the molecule is NC(=O)c1ccc(NC(=O)NC2CCCCCCC2)cc1. The molecule has 3 amide bonds. The van der Waals surface area contributed by atoms with Gasteiger partial charge in [-0.05, 0) is 37.1 Å². The Labute approximate surface area is 125 Å². The van der Waals surface area contributed by atoms with E-state index in [1.54, 1.807) is 24.3 Å². The van der Waals surface area contributed by atoms with Crippen molar-refractivity contribution in [3.8, 4) is 0 Å². The molecule has 0 aliphatic heterocycles. The molecule has 0 atom stereocenters. The lowest BCUT2D eigenvalue weighted by molar-refractivity contribution is 0.100.